The molecule has 5 rings (SSSR count). The fourth-order valence-electron chi connectivity index (χ4n) is 5.44. The van der Waals surface area contributed by atoms with E-state index in [0.717, 1.165) is 12.1 Å². The van der Waals surface area contributed by atoms with Crippen LogP contribution in [-0.2, 0) is 20.5 Å². The van der Waals surface area contributed by atoms with Crippen LogP contribution in [0.2, 0.25) is 0 Å². The molecule has 0 radical (unpaired) electrons. The maximum atomic E-state index is 14.2. The second-order valence-corrected chi connectivity index (χ2v) is 9.09. The molecule has 0 unspecified atom stereocenters. The smallest absolute Gasteiger partial charge is 0.416 e. The highest BCUT2D eigenvalue weighted by molar-refractivity contribution is 6.22. The van der Waals surface area contributed by atoms with Crippen LogP contribution < -0.4 is 5.01 Å². The summed E-state index contributed by atoms with van der Waals surface area (Å²) in [4.78, 5) is 27.3. The van der Waals surface area contributed by atoms with Gasteiger partial charge in [-0.25, -0.2) is 4.79 Å². The molecular formula is C29H23F3N2O3. The molecule has 0 fully saturated rings. The standard InChI is InChI=1S/C29H23F3N2O3/c1-18-28(27(36)34(33-18)22-14-7-4-8-15-22)17-23(26(35)37-2)24(19-10-5-3-6-11-19)25(28)20-12-9-13-21(16-20)29(30,31)32/h3-17,24-25H,1-2H3/t24-,25+,28+/m0/s1. The Morgan fingerprint density at radius 3 is 2.19 bits per heavy atom. The average molecular weight is 505 g/mol. The molecule has 0 saturated heterocycles. The van der Waals surface area contributed by atoms with E-state index < -0.39 is 40.9 Å². The fraction of sp³-hybridized carbons (Fsp3) is 0.207. The van der Waals surface area contributed by atoms with Crippen molar-refractivity contribution < 1.29 is 27.5 Å². The lowest BCUT2D eigenvalue weighted by molar-refractivity contribution is -0.138. The molecule has 1 heterocycles. The van der Waals surface area contributed by atoms with Crippen LogP contribution in [0, 0.1) is 5.41 Å². The lowest BCUT2D eigenvalue weighted by Gasteiger charge is -2.34. The molecule has 3 atom stereocenters. The van der Waals surface area contributed by atoms with Gasteiger partial charge in [0, 0.05) is 17.4 Å². The summed E-state index contributed by atoms with van der Waals surface area (Å²) in [5, 5.41) is 5.81. The van der Waals surface area contributed by atoms with Gasteiger partial charge < -0.3 is 4.74 Å². The van der Waals surface area contributed by atoms with Gasteiger partial charge in [0.1, 0.15) is 5.41 Å². The Kier molecular flexibility index (Phi) is 5.98. The van der Waals surface area contributed by atoms with Crippen LogP contribution in [0.1, 0.15) is 35.4 Å². The van der Waals surface area contributed by atoms with Crippen LogP contribution in [0.15, 0.2) is 102 Å². The number of para-hydroxylation sites is 1. The number of benzene rings is 3. The van der Waals surface area contributed by atoms with E-state index in [-0.39, 0.29) is 11.1 Å². The Labute approximate surface area is 211 Å². The van der Waals surface area contributed by atoms with Crippen molar-refractivity contribution in [2.45, 2.75) is 24.9 Å². The fourth-order valence-corrected chi connectivity index (χ4v) is 5.44. The van der Waals surface area contributed by atoms with E-state index in [1.54, 1.807) is 79.7 Å². The van der Waals surface area contributed by atoms with Crippen LogP contribution in [0.3, 0.4) is 0 Å². The van der Waals surface area contributed by atoms with Crippen molar-refractivity contribution in [2.75, 3.05) is 12.1 Å². The number of methoxy groups -OCH3 is 1. The number of hydrogen-bond donors (Lipinski definition) is 0. The van der Waals surface area contributed by atoms with Crippen molar-refractivity contribution in [3.8, 4) is 0 Å². The molecule has 0 saturated carbocycles. The average Bonchev–Trinajstić information content (AvgIpc) is 3.40. The number of nitrogens with zero attached hydrogens (tertiary/aromatic N) is 2. The van der Waals surface area contributed by atoms with Crippen molar-refractivity contribution in [2.24, 2.45) is 10.5 Å². The Hall–Kier alpha value is -4.20. The van der Waals surface area contributed by atoms with E-state index in [2.05, 4.69) is 5.10 Å². The van der Waals surface area contributed by atoms with Gasteiger partial charge >= 0.3 is 12.1 Å². The lowest BCUT2D eigenvalue weighted by atomic mass is 9.66. The molecule has 8 heteroatoms. The zero-order valence-electron chi connectivity index (χ0n) is 20.1. The molecule has 0 aromatic heterocycles. The predicted molar refractivity (Wildman–Crippen MR) is 133 cm³/mol. The summed E-state index contributed by atoms with van der Waals surface area (Å²) in [7, 11) is 1.24. The topological polar surface area (TPSA) is 59.0 Å². The molecule has 37 heavy (non-hydrogen) atoms. The third-order valence-electron chi connectivity index (χ3n) is 7.09. The second kappa shape index (κ2) is 9.03. The van der Waals surface area contributed by atoms with Crippen molar-refractivity contribution in [1.29, 1.82) is 0 Å². The number of esters is 1. The quantitative estimate of drug-likeness (QED) is 0.404. The normalized spacial score (nSPS) is 23.3. The maximum absolute atomic E-state index is 14.2. The van der Waals surface area contributed by atoms with Gasteiger partial charge in [0.25, 0.3) is 5.91 Å². The molecule has 5 nitrogen and oxygen atoms in total. The van der Waals surface area contributed by atoms with Gasteiger partial charge in [-0.05, 0) is 36.2 Å². The SMILES string of the molecule is COC(=O)C1=C[C@]2(C(=O)N(c3ccccc3)N=C2C)[C@H](c2cccc(C(F)(F)F)c2)[C@H]1c1ccccc1. The number of rotatable bonds is 4. The van der Waals surface area contributed by atoms with Gasteiger partial charge in [-0.1, -0.05) is 72.8 Å². The molecule has 3 aromatic carbocycles. The summed E-state index contributed by atoms with van der Waals surface area (Å²) < 4.78 is 46.3. The first-order valence-electron chi connectivity index (χ1n) is 11.7. The number of hydrogen-bond acceptors (Lipinski definition) is 4. The molecular weight excluding hydrogens is 481 g/mol. The minimum atomic E-state index is -4.58. The third kappa shape index (κ3) is 3.93. The van der Waals surface area contributed by atoms with Gasteiger partial charge in [0.05, 0.1) is 24.1 Å². The molecule has 1 amide bonds. The van der Waals surface area contributed by atoms with Gasteiger partial charge in [-0.2, -0.15) is 23.3 Å². The minimum Gasteiger partial charge on any atom is -0.466 e. The van der Waals surface area contributed by atoms with Crippen LogP contribution in [-0.4, -0.2) is 24.7 Å². The van der Waals surface area contributed by atoms with Gasteiger partial charge in [-0.3, -0.25) is 4.79 Å². The summed E-state index contributed by atoms with van der Waals surface area (Å²) in [6.45, 7) is 1.67. The summed E-state index contributed by atoms with van der Waals surface area (Å²) in [5.74, 6) is -2.72. The van der Waals surface area contributed by atoms with Crippen molar-refractivity contribution in [3.63, 3.8) is 0 Å². The molecule has 0 bridgehead atoms. The number of anilines is 1. The lowest BCUT2D eigenvalue weighted by Crippen LogP contribution is -2.42. The molecule has 1 aliphatic heterocycles. The molecule has 1 aliphatic carbocycles. The monoisotopic (exact) mass is 504 g/mol. The van der Waals surface area contributed by atoms with E-state index in [9.17, 15) is 22.8 Å². The molecule has 2 aliphatic rings. The van der Waals surface area contributed by atoms with Crippen LogP contribution >= 0.6 is 0 Å². The van der Waals surface area contributed by atoms with Gasteiger partial charge in [-0.15, -0.1) is 0 Å². The first-order valence-corrected chi connectivity index (χ1v) is 11.7. The number of halogens is 3. The summed E-state index contributed by atoms with van der Waals surface area (Å²) in [5.41, 5.74) is -0.281. The van der Waals surface area contributed by atoms with E-state index >= 15 is 0 Å². The molecule has 0 N–H and O–H groups in total. The first-order chi connectivity index (χ1) is 17.7. The van der Waals surface area contributed by atoms with Crippen LogP contribution in [0.5, 0.6) is 0 Å². The largest absolute Gasteiger partial charge is 0.466 e. The van der Waals surface area contributed by atoms with E-state index in [4.69, 9.17) is 4.74 Å². The predicted octanol–water partition coefficient (Wildman–Crippen LogP) is 6.09. The number of carbonyl (C=O) groups excluding carboxylic acids is 2. The summed E-state index contributed by atoms with van der Waals surface area (Å²) >= 11 is 0. The van der Waals surface area contributed by atoms with Gasteiger partial charge in [0.2, 0.25) is 0 Å². The zero-order valence-corrected chi connectivity index (χ0v) is 20.1. The Bertz CT molecular complexity index is 1420. The number of amides is 1. The van der Waals surface area contributed by atoms with E-state index in [1.807, 2.05) is 0 Å². The van der Waals surface area contributed by atoms with E-state index in [1.165, 1.54) is 18.2 Å². The molecule has 3 aromatic rings. The summed E-state index contributed by atoms with van der Waals surface area (Å²) in [6.07, 6.45) is -3.03. The van der Waals surface area contributed by atoms with Crippen LogP contribution in [0.4, 0.5) is 18.9 Å². The zero-order chi connectivity index (χ0) is 26.4. The van der Waals surface area contributed by atoms with Crippen molar-refractivity contribution in [3.05, 3.63) is 113 Å². The minimum absolute atomic E-state index is 0.203. The first kappa shape index (κ1) is 24.5. The second-order valence-electron chi connectivity index (χ2n) is 9.09. The highest BCUT2D eigenvalue weighted by Gasteiger charge is 2.61. The molecule has 188 valence electrons. The van der Waals surface area contributed by atoms with Crippen molar-refractivity contribution in [1.82, 2.24) is 0 Å². The van der Waals surface area contributed by atoms with E-state index in [0.29, 0.717) is 17.0 Å². The number of carbonyl (C=O) groups is 2. The third-order valence-corrected chi connectivity index (χ3v) is 7.09. The Balaban J connectivity index is 1.77. The maximum Gasteiger partial charge on any atom is 0.416 e. The highest BCUT2D eigenvalue weighted by Crippen LogP contribution is 2.59. The Morgan fingerprint density at radius 1 is 0.946 bits per heavy atom. The number of hydrazone groups is 1. The van der Waals surface area contributed by atoms with Crippen molar-refractivity contribution >= 4 is 23.3 Å². The highest BCUT2D eigenvalue weighted by atomic mass is 19.4. The summed E-state index contributed by atoms with van der Waals surface area (Å²) in [6, 6.07) is 22.7. The molecule has 1 spiro atoms. The van der Waals surface area contributed by atoms with Crippen LogP contribution in [0.25, 0.3) is 0 Å². The Morgan fingerprint density at radius 2 is 1.57 bits per heavy atom. The number of alkyl halides is 3. The number of ether oxygens (including phenoxy) is 1. The van der Waals surface area contributed by atoms with Gasteiger partial charge in [0.15, 0.2) is 0 Å².